The monoisotopic (exact) mass is 229 g/mol. The fraction of sp³-hybridized carbons (Fsp3) is 0.333. The number of halogens is 1. The average Bonchev–Trinajstić information content (AvgIpc) is 1.98. The average molecular weight is 230 g/mol. The van der Waals surface area contributed by atoms with Gasteiger partial charge in [-0.1, -0.05) is 12.1 Å². The molecule has 0 aliphatic carbocycles. The Labute approximate surface area is 80.5 Å². The first-order valence-corrected chi connectivity index (χ1v) is 4.62. The molecule has 0 bridgehead atoms. The molecular weight excluding hydrogens is 218 g/mol. The predicted octanol–water partition coefficient (Wildman–Crippen LogP) is 2.04. The van der Waals surface area contributed by atoms with Crippen LogP contribution in [0.4, 0.5) is 0 Å². The largest absolute Gasteiger partial charge is 0.506 e. The van der Waals surface area contributed by atoms with Crippen molar-refractivity contribution in [3.05, 3.63) is 28.2 Å². The molecule has 0 saturated carbocycles. The summed E-state index contributed by atoms with van der Waals surface area (Å²) in [6.45, 7) is 1.92. The molecule has 1 aromatic carbocycles. The molecule has 0 unspecified atom stereocenters. The van der Waals surface area contributed by atoms with Gasteiger partial charge < -0.3 is 10.8 Å². The summed E-state index contributed by atoms with van der Waals surface area (Å²) in [5, 5.41) is 9.54. The Morgan fingerprint density at radius 3 is 2.83 bits per heavy atom. The summed E-state index contributed by atoms with van der Waals surface area (Å²) >= 11 is 3.25. The lowest BCUT2D eigenvalue weighted by molar-refractivity contribution is 0.462. The molecule has 0 heterocycles. The van der Waals surface area contributed by atoms with Gasteiger partial charge in [0.15, 0.2) is 0 Å². The number of phenols is 1. The molecule has 0 aliphatic heterocycles. The molecule has 66 valence electrons. The van der Waals surface area contributed by atoms with Crippen molar-refractivity contribution >= 4 is 15.9 Å². The molecule has 12 heavy (non-hydrogen) atoms. The van der Waals surface area contributed by atoms with Crippen molar-refractivity contribution in [1.29, 1.82) is 0 Å². The zero-order chi connectivity index (χ0) is 9.14. The third-order valence-corrected chi connectivity index (χ3v) is 2.25. The van der Waals surface area contributed by atoms with E-state index in [2.05, 4.69) is 15.9 Å². The molecule has 0 spiro atoms. The molecule has 0 amide bonds. The summed E-state index contributed by atoms with van der Waals surface area (Å²) in [6, 6.07) is 5.65. The van der Waals surface area contributed by atoms with Gasteiger partial charge in [-0.3, -0.25) is 0 Å². The SMILES string of the molecule is C[C@H](N)Cc1cccc(Br)c1O. The van der Waals surface area contributed by atoms with Gasteiger partial charge in [-0.25, -0.2) is 0 Å². The number of phenolic OH excluding ortho intramolecular Hbond substituents is 1. The highest BCUT2D eigenvalue weighted by atomic mass is 79.9. The van der Waals surface area contributed by atoms with E-state index in [9.17, 15) is 5.11 Å². The van der Waals surface area contributed by atoms with Crippen LogP contribution in [0, 0.1) is 0 Å². The number of benzene rings is 1. The third-order valence-electron chi connectivity index (χ3n) is 1.61. The molecule has 0 aliphatic rings. The van der Waals surface area contributed by atoms with Gasteiger partial charge in [-0.05, 0) is 40.9 Å². The topological polar surface area (TPSA) is 46.2 Å². The van der Waals surface area contributed by atoms with Crippen molar-refractivity contribution in [2.24, 2.45) is 5.73 Å². The van der Waals surface area contributed by atoms with E-state index in [1.165, 1.54) is 0 Å². The van der Waals surface area contributed by atoms with E-state index in [0.717, 1.165) is 10.0 Å². The molecule has 1 rings (SSSR count). The summed E-state index contributed by atoms with van der Waals surface area (Å²) in [7, 11) is 0. The van der Waals surface area contributed by atoms with Crippen molar-refractivity contribution in [1.82, 2.24) is 0 Å². The van der Waals surface area contributed by atoms with Crippen LogP contribution in [0.25, 0.3) is 0 Å². The van der Waals surface area contributed by atoms with Gasteiger partial charge in [0, 0.05) is 6.04 Å². The van der Waals surface area contributed by atoms with Crippen molar-refractivity contribution < 1.29 is 5.11 Å². The van der Waals surface area contributed by atoms with Crippen molar-refractivity contribution in [3.63, 3.8) is 0 Å². The Kier molecular flexibility index (Phi) is 3.12. The minimum Gasteiger partial charge on any atom is -0.506 e. The second kappa shape index (κ2) is 3.92. The highest BCUT2D eigenvalue weighted by molar-refractivity contribution is 9.10. The first kappa shape index (κ1) is 9.55. The van der Waals surface area contributed by atoms with E-state index < -0.39 is 0 Å². The van der Waals surface area contributed by atoms with Gasteiger partial charge in [0.2, 0.25) is 0 Å². The molecule has 0 fully saturated rings. The van der Waals surface area contributed by atoms with Crippen LogP contribution in [0.5, 0.6) is 5.75 Å². The minimum atomic E-state index is 0.0743. The Morgan fingerprint density at radius 2 is 2.25 bits per heavy atom. The Hall–Kier alpha value is -0.540. The zero-order valence-electron chi connectivity index (χ0n) is 6.92. The molecule has 0 saturated heterocycles. The van der Waals surface area contributed by atoms with Crippen molar-refractivity contribution in [2.45, 2.75) is 19.4 Å². The predicted molar refractivity (Wildman–Crippen MR) is 53.2 cm³/mol. The van der Waals surface area contributed by atoms with Gasteiger partial charge in [-0.15, -0.1) is 0 Å². The molecule has 3 heteroatoms. The summed E-state index contributed by atoms with van der Waals surface area (Å²) in [6.07, 6.45) is 0.700. The maximum absolute atomic E-state index is 9.54. The van der Waals surface area contributed by atoms with E-state index in [0.29, 0.717) is 12.2 Å². The van der Waals surface area contributed by atoms with Gasteiger partial charge in [0.1, 0.15) is 5.75 Å². The quantitative estimate of drug-likeness (QED) is 0.816. The molecule has 1 aromatic rings. The van der Waals surface area contributed by atoms with Gasteiger partial charge in [0.25, 0.3) is 0 Å². The highest BCUT2D eigenvalue weighted by Crippen LogP contribution is 2.27. The number of hydrogen-bond acceptors (Lipinski definition) is 2. The molecular formula is C9H12BrNO. The lowest BCUT2D eigenvalue weighted by Gasteiger charge is -2.07. The summed E-state index contributed by atoms with van der Waals surface area (Å²) in [4.78, 5) is 0. The fourth-order valence-corrected chi connectivity index (χ4v) is 1.48. The first-order chi connectivity index (χ1) is 5.61. The van der Waals surface area contributed by atoms with Gasteiger partial charge >= 0.3 is 0 Å². The number of rotatable bonds is 2. The van der Waals surface area contributed by atoms with Crippen LogP contribution in [0.1, 0.15) is 12.5 Å². The standard InChI is InChI=1S/C9H12BrNO/c1-6(11)5-7-3-2-4-8(10)9(7)12/h2-4,6,12H,5,11H2,1H3/t6-/m0/s1. The smallest absolute Gasteiger partial charge is 0.132 e. The number of para-hydroxylation sites is 1. The lowest BCUT2D eigenvalue weighted by atomic mass is 10.1. The normalized spacial score (nSPS) is 12.9. The van der Waals surface area contributed by atoms with Gasteiger partial charge in [-0.2, -0.15) is 0 Å². The van der Waals surface area contributed by atoms with Gasteiger partial charge in [0.05, 0.1) is 4.47 Å². The van der Waals surface area contributed by atoms with E-state index >= 15 is 0 Å². The number of hydrogen-bond donors (Lipinski definition) is 2. The van der Waals surface area contributed by atoms with Crippen LogP contribution in [-0.2, 0) is 6.42 Å². The maximum Gasteiger partial charge on any atom is 0.132 e. The van der Waals surface area contributed by atoms with E-state index in [1.54, 1.807) is 6.07 Å². The summed E-state index contributed by atoms with van der Waals surface area (Å²) < 4.78 is 0.723. The number of nitrogens with two attached hydrogens (primary N) is 1. The van der Waals surface area contributed by atoms with E-state index in [-0.39, 0.29) is 6.04 Å². The third kappa shape index (κ3) is 2.22. The Balaban J connectivity index is 2.92. The van der Waals surface area contributed by atoms with Crippen molar-refractivity contribution in [3.8, 4) is 5.75 Å². The van der Waals surface area contributed by atoms with Crippen LogP contribution >= 0.6 is 15.9 Å². The zero-order valence-corrected chi connectivity index (χ0v) is 8.51. The number of aromatic hydroxyl groups is 1. The van der Waals surface area contributed by atoms with Crippen LogP contribution in [-0.4, -0.2) is 11.1 Å². The van der Waals surface area contributed by atoms with Crippen LogP contribution in [0.3, 0.4) is 0 Å². The van der Waals surface area contributed by atoms with E-state index in [1.807, 2.05) is 19.1 Å². The second-order valence-electron chi connectivity index (χ2n) is 2.93. The van der Waals surface area contributed by atoms with Crippen LogP contribution in [0.15, 0.2) is 22.7 Å². The molecule has 0 aromatic heterocycles. The lowest BCUT2D eigenvalue weighted by Crippen LogP contribution is -2.17. The minimum absolute atomic E-state index is 0.0743. The molecule has 3 N–H and O–H groups in total. The summed E-state index contributed by atoms with van der Waals surface area (Å²) in [5.74, 6) is 0.301. The first-order valence-electron chi connectivity index (χ1n) is 3.83. The highest BCUT2D eigenvalue weighted by Gasteiger charge is 2.05. The van der Waals surface area contributed by atoms with Crippen molar-refractivity contribution in [2.75, 3.05) is 0 Å². The Bertz CT molecular complexity index is 273. The molecule has 2 nitrogen and oxygen atoms in total. The van der Waals surface area contributed by atoms with Crippen LogP contribution in [0.2, 0.25) is 0 Å². The van der Waals surface area contributed by atoms with Crippen LogP contribution < -0.4 is 5.73 Å². The maximum atomic E-state index is 9.54. The fourth-order valence-electron chi connectivity index (χ4n) is 1.07. The molecule has 0 radical (unpaired) electrons. The van der Waals surface area contributed by atoms with E-state index in [4.69, 9.17) is 5.73 Å². The molecule has 1 atom stereocenters. The summed E-state index contributed by atoms with van der Waals surface area (Å²) in [5.41, 5.74) is 6.51. The second-order valence-corrected chi connectivity index (χ2v) is 3.78. The Morgan fingerprint density at radius 1 is 1.58 bits per heavy atom.